The second kappa shape index (κ2) is 17.0. The number of carbonyl (C=O) groups is 2. The summed E-state index contributed by atoms with van der Waals surface area (Å²) in [6, 6.07) is 32.2. The van der Waals surface area contributed by atoms with Gasteiger partial charge in [0.25, 0.3) is 0 Å². The normalized spacial score (nSPS) is 12.5. The van der Waals surface area contributed by atoms with Crippen LogP contribution >= 0.6 is 0 Å². The minimum absolute atomic E-state index is 0.0547. The molecule has 46 heavy (non-hydrogen) atoms. The first-order valence-electron chi connectivity index (χ1n) is 14.9. The molecule has 0 fully saturated rings. The first-order chi connectivity index (χ1) is 22.2. The molecule has 2 unspecified atom stereocenters. The van der Waals surface area contributed by atoms with Crippen molar-refractivity contribution < 1.29 is 22.7 Å². The lowest BCUT2D eigenvalue weighted by Crippen LogP contribution is -2.55. The van der Waals surface area contributed by atoms with Crippen molar-refractivity contribution in [2.24, 2.45) is 5.73 Å². The van der Waals surface area contributed by atoms with Gasteiger partial charge in [-0.2, -0.15) is 0 Å². The average molecular weight is 642 g/mol. The Balaban J connectivity index is 1.48. The second-order valence-electron chi connectivity index (χ2n) is 10.8. The number of aryl methyl sites for hydroxylation is 1. The van der Waals surface area contributed by atoms with Crippen LogP contribution in [-0.4, -0.2) is 44.8 Å². The molecule has 4 rings (SSSR count). The summed E-state index contributed by atoms with van der Waals surface area (Å²) < 4.78 is 34.6. The van der Waals surface area contributed by atoms with Gasteiger partial charge in [-0.1, -0.05) is 115 Å². The first kappa shape index (κ1) is 34.0. The van der Waals surface area contributed by atoms with Crippen molar-refractivity contribution in [2.45, 2.75) is 43.8 Å². The molecule has 0 aliphatic carbocycles. The fourth-order valence-corrected chi connectivity index (χ4v) is 6.02. The third kappa shape index (κ3) is 11.3. The topological polar surface area (TPSA) is 163 Å². The molecule has 0 aliphatic rings. The van der Waals surface area contributed by atoms with Gasteiger partial charge in [0.1, 0.15) is 17.9 Å². The standard InChI is InChI=1S/C35H39N5O5S/c36-33(37)30-19-16-27(17-20-30)22-38-34(41)31(21-18-26-10-4-1-5-11-26)39-35(42)32(24-45-23-28-12-6-2-7-13-28)40-46(43,44)25-29-14-8-3-9-15-29/h1-17,19-20,31-32,40H,18,21-25H2,(H3,36,37)(H,38,41)(H,39,42). The zero-order chi connectivity index (χ0) is 32.8. The maximum absolute atomic E-state index is 13.7. The Morgan fingerprint density at radius 3 is 1.87 bits per heavy atom. The quantitative estimate of drug-likeness (QED) is 0.0877. The molecule has 2 atom stereocenters. The number of nitrogens with one attached hydrogen (secondary N) is 4. The molecule has 0 radical (unpaired) electrons. The summed E-state index contributed by atoms with van der Waals surface area (Å²) in [5.74, 6) is -1.47. The molecule has 10 nitrogen and oxygen atoms in total. The minimum Gasteiger partial charge on any atom is -0.384 e. The van der Waals surface area contributed by atoms with E-state index in [0.29, 0.717) is 17.5 Å². The van der Waals surface area contributed by atoms with E-state index in [1.807, 2.05) is 60.7 Å². The SMILES string of the molecule is N=C(N)c1ccc(CNC(=O)C(CCc2ccccc2)NC(=O)C(COCc2ccccc2)NS(=O)(=O)Cc2ccccc2)cc1. The molecule has 4 aromatic rings. The molecule has 11 heteroatoms. The van der Waals surface area contributed by atoms with Crippen LogP contribution in [0.2, 0.25) is 0 Å². The Bertz CT molecular complexity index is 1670. The maximum Gasteiger partial charge on any atom is 0.242 e. The van der Waals surface area contributed by atoms with Gasteiger partial charge < -0.3 is 21.1 Å². The van der Waals surface area contributed by atoms with Crippen molar-refractivity contribution >= 4 is 27.7 Å². The Morgan fingerprint density at radius 2 is 1.28 bits per heavy atom. The molecule has 0 spiro atoms. The fraction of sp³-hybridized carbons (Fsp3) is 0.229. The molecule has 0 saturated carbocycles. The number of amides is 2. The number of sulfonamides is 1. The minimum atomic E-state index is -3.96. The highest BCUT2D eigenvalue weighted by Crippen LogP contribution is 2.10. The van der Waals surface area contributed by atoms with Gasteiger partial charge in [0.05, 0.1) is 19.0 Å². The number of amidine groups is 1. The highest BCUT2D eigenvalue weighted by atomic mass is 32.2. The number of hydrogen-bond donors (Lipinski definition) is 5. The third-order valence-corrected chi connectivity index (χ3v) is 8.52. The number of ether oxygens (including phenoxy) is 1. The van der Waals surface area contributed by atoms with Crippen LogP contribution in [-0.2, 0) is 49.7 Å². The molecular formula is C35H39N5O5S. The van der Waals surface area contributed by atoms with Gasteiger partial charge in [-0.3, -0.25) is 15.0 Å². The van der Waals surface area contributed by atoms with Crippen LogP contribution in [0.15, 0.2) is 115 Å². The smallest absolute Gasteiger partial charge is 0.242 e. The van der Waals surface area contributed by atoms with Crippen LogP contribution in [0, 0.1) is 5.41 Å². The van der Waals surface area contributed by atoms with E-state index in [-0.39, 0.29) is 37.8 Å². The fourth-order valence-electron chi connectivity index (χ4n) is 4.70. The maximum atomic E-state index is 13.7. The molecule has 0 heterocycles. The van der Waals surface area contributed by atoms with E-state index in [2.05, 4.69) is 15.4 Å². The molecule has 0 saturated heterocycles. The molecule has 0 aromatic heterocycles. The van der Waals surface area contributed by atoms with E-state index in [9.17, 15) is 18.0 Å². The van der Waals surface area contributed by atoms with Gasteiger partial charge in [-0.15, -0.1) is 0 Å². The Morgan fingerprint density at radius 1 is 0.717 bits per heavy atom. The monoisotopic (exact) mass is 641 g/mol. The van der Waals surface area contributed by atoms with Crippen LogP contribution in [0.5, 0.6) is 0 Å². The van der Waals surface area contributed by atoms with Crippen molar-refractivity contribution in [1.82, 2.24) is 15.4 Å². The van der Waals surface area contributed by atoms with Crippen molar-refractivity contribution in [3.8, 4) is 0 Å². The summed E-state index contributed by atoms with van der Waals surface area (Å²) in [7, 11) is -3.96. The molecule has 6 N–H and O–H groups in total. The zero-order valence-electron chi connectivity index (χ0n) is 25.4. The molecule has 0 bridgehead atoms. The van der Waals surface area contributed by atoms with E-state index in [0.717, 1.165) is 16.7 Å². The summed E-state index contributed by atoms with van der Waals surface area (Å²) in [5, 5.41) is 13.2. The highest BCUT2D eigenvalue weighted by molar-refractivity contribution is 7.88. The second-order valence-corrected chi connectivity index (χ2v) is 12.6. The van der Waals surface area contributed by atoms with Gasteiger partial charge >= 0.3 is 0 Å². The van der Waals surface area contributed by atoms with Crippen LogP contribution in [0.4, 0.5) is 0 Å². The summed E-state index contributed by atoms with van der Waals surface area (Å²) in [4.78, 5) is 27.1. The summed E-state index contributed by atoms with van der Waals surface area (Å²) in [5.41, 5.74) is 9.31. The summed E-state index contributed by atoms with van der Waals surface area (Å²) >= 11 is 0. The molecule has 240 valence electrons. The predicted octanol–water partition coefficient (Wildman–Crippen LogP) is 3.41. The molecular weight excluding hydrogens is 602 g/mol. The zero-order valence-corrected chi connectivity index (χ0v) is 26.2. The lowest BCUT2D eigenvalue weighted by Gasteiger charge is -2.23. The van der Waals surface area contributed by atoms with Gasteiger partial charge in [0.15, 0.2) is 0 Å². The Kier molecular flexibility index (Phi) is 12.6. The van der Waals surface area contributed by atoms with Crippen molar-refractivity contribution in [2.75, 3.05) is 6.61 Å². The number of benzene rings is 4. The molecule has 0 aliphatic heterocycles. The highest BCUT2D eigenvalue weighted by Gasteiger charge is 2.29. The van der Waals surface area contributed by atoms with Crippen LogP contribution < -0.4 is 21.1 Å². The van der Waals surface area contributed by atoms with E-state index in [1.165, 1.54) is 0 Å². The molecule has 2 amide bonds. The summed E-state index contributed by atoms with van der Waals surface area (Å²) in [6.07, 6.45) is 0.778. The van der Waals surface area contributed by atoms with Gasteiger partial charge in [0.2, 0.25) is 21.8 Å². The predicted molar refractivity (Wildman–Crippen MR) is 178 cm³/mol. The Labute approximate surface area is 269 Å². The largest absolute Gasteiger partial charge is 0.384 e. The van der Waals surface area contributed by atoms with Crippen LogP contribution in [0.3, 0.4) is 0 Å². The first-order valence-corrected chi connectivity index (χ1v) is 16.5. The van der Waals surface area contributed by atoms with E-state index >= 15 is 0 Å². The lowest BCUT2D eigenvalue weighted by atomic mass is 10.0. The van der Waals surface area contributed by atoms with Crippen molar-refractivity contribution in [1.29, 1.82) is 5.41 Å². The van der Waals surface area contributed by atoms with Gasteiger partial charge in [-0.25, -0.2) is 13.1 Å². The summed E-state index contributed by atoms with van der Waals surface area (Å²) in [6.45, 7) is 0.109. The van der Waals surface area contributed by atoms with E-state index in [4.69, 9.17) is 15.9 Å². The van der Waals surface area contributed by atoms with E-state index < -0.39 is 33.9 Å². The number of nitrogens with two attached hydrogens (primary N) is 1. The lowest BCUT2D eigenvalue weighted by molar-refractivity contribution is -0.130. The molecule has 4 aromatic carbocycles. The number of hydrogen-bond acceptors (Lipinski definition) is 6. The van der Waals surface area contributed by atoms with E-state index in [1.54, 1.807) is 54.6 Å². The number of rotatable bonds is 17. The number of nitrogen functional groups attached to an aromatic ring is 1. The average Bonchev–Trinajstić information content (AvgIpc) is 3.06. The third-order valence-electron chi connectivity index (χ3n) is 7.16. The van der Waals surface area contributed by atoms with Gasteiger partial charge in [0, 0.05) is 12.1 Å². The number of carbonyl (C=O) groups excluding carboxylic acids is 2. The Hall–Kier alpha value is -4.84. The van der Waals surface area contributed by atoms with Crippen molar-refractivity contribution in [3.05, 3.63) is 143 Å². The van der Waals surface area contributed by atoms with Gasteiger partial charge in [-0.05, 0) is 35.1 Å². The van der Waals surface area contributed by atoms with Crippen LogP contribution in [0.1, 0.15) is 34.2 Å². The van der Waals surface area contributed by atoms with Crippen LogP contribution in [0.25, 0.3) is 0 Å². The van der Waals surface area contributed by atoms with Crippen molar-refractivity contribution in [3.63, 3.8) is 0 Å².